The highest BCUT2D eigenvalue weighted by molar-refractivity contribution is 5.81. The fourth-order valence-electron chi connectivity index (χ4n) is 1.95. The first-order valence-corrected chi connectivity index (χ1v) is 7.88. The molecule has 0 unspecified atom stereocenters. The monoisotopic (exact) mass is 290 g/mol. The second-order valence-electron chi connectivity index (χ2n) is 5.02. The number of benzene rings is 1. The van der Waals surface area contributed by atoms with Crippen molar-refractivity contribution in [2.45, 2.75) is 51.9 Å². The third-order valence-electron chi connectivity index (χ3n) is 3.14. The summed E-state index contributed by atoms with van der Waals surface area (Å²) >= 11 is 0. The molecule has 0 aromatic heterocycles. The zero-order valence-corrected chi connectivity index (χ0v) is 12.9. The Morgan fingerprint density at radius 1 is 1.00 bits per heavy atom. The maximum absolute atomic E-state index is 11.4. The number of hydrogen-bond acceptors (Lipinski definition) is 3. The van der Waals surface area contributed by atoms with Gasteiger partial charge in [0.05, 0.1) is 18.9 Å². The molecule has 0 aliphatic rings. The first kappa shape index (κ1) is 17.3. The highest BCUT2D eigenvalue weighted by atomic mass is 16.5. The molecule has 0 fully saturated rings. The third-order valence-corrected chi connectivity index (χ3v) is 3.14. The molecule has 0 aliphatic heterocycles. The van der Waals surface area contributed by atoms with Gasteiger partial charge in [-0.15, -0.1) is 0 Å². The molecule has 21 heavy (non-hydrogen) atoms. The van der Waals surface area contributed by atoms with E-state index in [1.165, 1.54) is 44.4 Å². The summed E-state index contributed by atoms with van der Waals surface area (Å²) in [5.74, 6) is 0.352. The summed E-state index contributed by atoms with van der Waals surface area (Å²) in [4.78, 5) is 11.4. The maximum Gasteiger partial charge on any atom is 0.333 e. The maximum atomic E-state index is 11.4. The van der Waals surface area contributed by atoms with Crippen LogP contribution in [-0.4, -0.2) is 12.6 Å². The second-order valence-corrected chi connectivity index (χ2v) is 5.02. The largest absolute Gasteiger partial charge is 0.465 e. The van der Waals surface area contributed by atoms with Crippen LogP contribution in [0.3, 0.4) is 0 Å². The van der Waals surface area contributed by atoms with Crippen LogP contribution in [0.25, 0.3) is 0 Å². The van der Waals surface area contributed by atoms with E-state index < -0.39 is 0 Å². The smallest absolute Gasteiger partial charge is 0.333 e. The summed E-state index contributed by atoms with van der Waals surface area (Å²) < 4.78 is 10.4. The SMILES string of the molecule is CCCCCCCCCOC(=O)C=COc1ccccc1. The van der Waals surface area contributed by atoms with Crippen molar-refractivity contribution in [2.24, 2.45) is 0 Å². The summed E-state index contributed by atoms with van der Waals surface area (Å²) in [7, 11) is 0. The van der Waals surface area contributed by atoms with Gasteiger partial charge in [-0.05, 0) is 18.6 Å². The lowest BCUT2D eigenvalue weighted by molar-refractivity contribution is -0.137. The van der Waals surface area contributed by atoms with E-state index in [9.17, 15) is 4.79 Å². The van der Waals surface area contributed by atoms with E-state index in [1.54, 1.807) is 0 Å². The Morgan fingerprint density at radius 3 is 2.38 bits per heavy atom. The van der Waals surface area contributed by atoms with Crippen molar-refractivity contribution in [1.82, 2.24) is 0 Å². The Kier molecular flexibility index (Phi) is 9.88. The molecule has 1 aromatic rings. The Balaban J connectivity index is 1.98. The zero-order valence-electron chi connectivity index (χ0n) is 12.9. The highest BCUT2D eigenvalue weighted by Gasteiger charge is 1.97. The van der Waals surface area contributed by atoms with Crippen molar-refractivity contribution < 1.29 is 14.3 Å². The Hall–Kier alpha value is -1.77. The van der Waals surface area contributed by atoms with Crippen molar-refractivity contribution >= 4 is 5.97 Å². The van der Waals surface area contributed by atoms with E-state index in [0.29, 0.717) is 12.4 Å². The van der Waals surface area contributed by atoms with Gasteiger partial charge in [-0.2, -0.15) is 0 Å². The second kappa shape index (κ2) is 12.0. The van der Waals surface area contributed by atoms with Crippen LogP contribution < -0.4 is 4.74 Å². The van der Waals surface area contributed by atoms with Gasteiger partial charge in [0, 0.05) is 0 Å². The number of para-hydroxylation sites is 1. The summed E-state index contributed by atoms with van der Waals surface area (Å²) in [6.45, 7) is 2.71. The molecule has 0 radical (unpaired) electrons. The lowest BCUT2D eigenvalue weighted by Crippen LogP contribution is -2.02. The van der Waals surface area contributed by atoms with Crippen molar-refractivity contribution in [3.05, 3.63) is 42.7 Å². The van der Waals surface area contributed by atoms with E-state index in [2.05, 4.69) is 6.92 Å². The zero-order chi connectivity index (χ0) is 15.2. The van der Waals surface area contributed by atoms with Crippen LogP contribution in [0.15, 0.2) is 42.7 Å². The van der Waals surface area contributed by atoms with Gasteiger partial charge in [0.2, 0.25) is 0 Å². The number of esters is 1. The van der Waals surface area contributed by atoms with E-state index in [0.717, 1.165) is 12.8 Å². The van der Waals surface area contributed by atoms with E-state index >= 15 is 0 Å². The molecular weight excluding hydrogens is 264 g/mol. The Morgan fingerprint density at radius 2 is 1.67 bits per heavy atom. The number of rotatable bonds is 11. The number of carbonyl (C=O) groups is 1. The number of unbranched alkanes of at least 4 members (excludes halogenated alkanes) is 6. The van der Waals surface area contributed by atoms with Crippen LogP contribution in [0.5, 0.6) is 5.75 Å². The van der Waals surface area contributed by atoms with E-state index in [4.69, 9.17) is 9.47 Å². The van der Waals surface area contributed by atoms with Crippen LogP contribution in [0.2, 0.25) is 0 Å². The summed E-state index contributed by atoms with van der Waals surface area (Å²) in [5, 5.41) is 0. The van der Waals surface area contributed by atoms with E-state index in [-0.39, 0.29) is 5.97 Å². The fourth-order valence-corrected chi connectivity index (χ4v) is 1.95. The fraction of sp³-hybridized carbons (Fsp3) is 0.500. The molecule has 0 aliphatic carbocycles. The van der Waals surface area contributed by atoms with Crippen LogP contribution in [0.1, 0.15) is 51.9 Å². The lowest BCUT2D eigenvalue weighted by atomic mass is 10.1. The van der Waals surface area contributed by atoms with Gasteiger partial charge in [0.15, 0.2) is 0 Å². The van der Waals surface area contributed by atoms with Crippen molar-refractivity contribution in [2.75, 3.05) is 6.61 Å². The first-order valence-electron chi connectivity index (χ1n) is 7.88. The molecule has 0 heterocycles. The van der Waals surface area contributed by atoms with Crippen molar-refractivity contribution in [3.63, 3.8) is 0 Å². The van der Waals surface area contributed by atoms with Crippen LogP contribution in [0.4, 0.5) is 0 Å². The van der Waals surface area contributed by atoms with Gasteiger partial charge >= 0.3 is 5.97 Å². The molecule has 116 valence electrons. The minimum absolute atomic E-state index is 0.350. The minimum Gasteiger partial charge on any atom is -0.465 e. The van der Waals surface area contributed by atoms with Gasteiger partial charge in [0.1, 0.15) is 5.75 Å². The molecule has 0 amide bonds. The predicted octanol–water partition coefficient (Wildman–Crippen LogP) is 4.87. The number of ether oxygens (including phenoxy) is 2. The molecule has 0 spiro atoms. The van der Waals surface area contributed by atoms with Gasteiger partial charge < -0.3 is 9.47 Å². The molecule has 0 saturated heterocycles. The molecule has 0 atom stereocenters. The van der Waals surface area contributed by atoms with Crippen LogP contribution >= 0.6 is 0 Å². The Labute approximate surface area is 128 Å². The van der Waals surface area contributed by atoms with Gasteiger partial charge in [0.25, 0.3) is 0 Å². The minimum atomic E-state index is -0.350. The molecule has 0 N–H and O–H groups in total. The Bertz CT molecular complexity index is 398. The van der Waals surface area contributed by atoms with Crippen LogP contribution in [0, 0.1) is 0 Å². The molecule has 3 nitrogen and oxygen atoms in total. The number of hydrogen-bond donors (Lipinski definition) is 0. The van der Waals surface area contributed by atoms with Gasteiger partial charge in [-0.3, -0.25) is 0 Å². The molecule has 1 aromatic carbocycles. The lowest BCUT2D eigenvalue weighted by Gasteiger charge is -2.02. The van der Waals surface area contributed by atoms with Crippen molar-refractivity contribution in [1.29, 1.82) is 0 Å². The van der Waals surface area contributed by atoms with Crippen molar-refractivity contribution in [3.8, 4) is 5.75 Å². The summed E-state index contributed by atoms with van der Waals surface area (Å²) in [5.41, 5.74) is 0. The number of carbonyl (C=O) groups excluding carboxylic acids is 1. The molecule has 1 rings (SSSR count). The first-order chi connectivity index (χ1) is 10.3. The average Bonchev–Trinajstić information content (AvgIpc) is 2.51. The quantitative estimate of drug-likeness (QED) is 0.252. The van der Waals surface area contributed by atoms with Gasteiger partial charge in [-0.1, -0.05) is 63.6 Å². The van der Waals surface area contributed by atoms with Gasteiger partial charge in [-0.25, -0.2) is 4.79 Å². The predicted molar refractivity (Wildman–Crippen MR) is 85.2 cm³/mol. The highest BCUT2D eigenvalue weighted by Crippen LogP contribution is 2.08. The molecular formula is C18H26O3. The molecule has 0 saturated carbocycles. The summed E-state index contributed by atoms with van der Waals surface area (Å²) in [6, 6.07) is 9.32. The average molecular weight is 290 g/mol. The van der Waals surface area contributed by atoms with Crippen LogP contribution in [-0.2, 0) is 9.53 Å². The standard InChI is InChI=1S/C18H26O3/c1-2-3-4-5-6-7-11-15-21-18(19)14-16-20-17-12-9-8-10-13-17/h8-10,12-14,16H,2-7,11,15H2,1H3. The summed E-state index contributed by atoms with van der Waals surface area (Å²) in [6.07, 6.45) is 11.2. The molecule has 3 heteroatoms. The third kappa shape index (κ3) is 9.72. The van der Waals surface area contributed by atoms with E-state index in [1.807, 2.05) is 30.3 Å². The normalized spacial score (nSPS) is 10.7. The topological polar surface area (TPSA) is 35.5 Å². The molecule has 0 bridgehead atoms.